The predicted octanol–water partition coefficient (Wildman–Crippen LogP) is 2.78. The van der Waals surface area contributed by atoms with Gasteiger partial charge in [0, 0.05) is 11.5 Å². The number of carbonyl (C=O) groups excluding carboxylic acids is 1. The van der Waals surface area contributed by atoms with Gasteiger partial charge >= 0.3 is 6.09 Å². The largest absolute Gasteiger partial charge is 0.444 e. The van der Waals surface area contributed by atoms with E-state index in [1.54, 1.807) is 7.05 Å². The number of amides is 1. The molecule has 0 aromatic heterocycles. The van der Waals surface area contributed by atoms with Crippen LogP contribution in [0.25, 0.3) is 0 Å². The molecule has 0 fully saturated rings. The third kappa shape index (κ3) is 10.2. The van der Waals surface area contributed by atoms with Crippen molar-refractivity contribution in [2.24, 2.45) is 0 Å². The van der Waals surface area contributed by atoms with Crippen LogP contribution in [0, 0.1) is 11.8 Å². The normalized spacial score (nSPS) is 10.3. The maximum absolute atomic E-state index is 11.6. The molecule has 0 rings (SSSR count). The van der Waals surface area contributed by atoms with E-state index in [1.807, 2.05) is 20.8 Å². The molecule has 0 N–H and O–H groups in total. The van der Waals surface area contributed by atoms with Gasteiger partial charge < -0.3 is 14.4 Å². The Bertz CT molecular complexity index is 349. The zero-order valence-electron chi connectivity index (χ0n) is 11.4. The Morgan fingerprint density at radius 2 is 2.00 bits per heavy atom. The van der Waals surface area contributed by atoms with Gasteiger partial charge in [-0.3, -0.25) is 0 Å². The zero-order valence-corrected chi connectivity index (χ0v) is 13.0. The molecule has 0 radical (unpaired) electrons. The lowest BCUT2D eigenvalue weighted by atomic mass is 10.2. The summed E-state index contributed by atoms with van der Waals surface area (Å²) < 4.78 is 11.1. The molecule has 0 aliphatic rings. The molecule has 0 saturated heterocycles. The minimum atomic E-state index is -0.488. The van der Waals surface area contributed by atoms with E-state index in [0.717, 1.165) is 4.48 Å². The summed E-state index contributed by atoms with van der Waals surface area (Å²) in [6.45, 7) is 10.2. The van der Waals surface area contributed by atoms with E-state index in [9.17, 15) is 4.79 Å². The van der Waals surface area contributed by atoms with Crippen molar-refractivity contribution in [3.8, 4) is 11.8 Å². The van der Waals surface area contributed by atoms with Gasteiger partial charge in [-0.15, -0.1) is 0 Å². The first kappa shape index (κ1) is 17.0. The molecule has 0 unspecified atom stereocenters. The molecular formula is C13H20BrNO3. The summed E-state index contributed by atoms with van der Waals surface area (Å²) in [7, 11) is 1.64. The molecule has 4 nitrogen and oxygen atoms in total. The van der Waals surface area contributed by atoms with Crippen molar-refractivity contribution in [2.45, 2.75) is 26.4 Å². The number of nitrogens with zero attached hydrogens (tertiary/aromatic N) is 1. The summed E-state index contributed by atoms with van der Waals surface area (Å²) in [5.41, 5.74) is -0.488. The molecule has 102 valence electrons. The Labute approximate surface area is 117 Å². The molecule has 0 aromatic rings. The van der Waals surface area contributed by atoms with Crippen molar-refractivity contribution in [3.05, 3.63) is 11.1 Å². The van der Waals surface area contributed by atoms with Crippen molar-refractivity contribution >= 4 is 22.0 Å². The molecule has 0 heterocycles. The summed E-state index contributed by atoms with van der Waals surface area (Å²) in [4.78, 5) is 13.0. The van der Waals surface area contributed by atoms with Crippen molar-refractivity contribution in [2.75, 3.05) is 26.8 Å². The fourth-order valence-electron chi connectivity index (χ4n) is 0.843. The summed E-state index contributed by atoms with van der Waals surface area (Å²) in [6, 6.07) is 0. The van der Waals surface area contributed by atoms with Crippen LogP contribution in [0.4, 0.5) is 4.79 Å². The molecule has 0 bridgehead atoms. The monoisotopic (exact) mass is 317 g/mol. The van der Waals surface area contributed by atoms with Crippen molar-refractivity contribution in [1.82, 2.24) is 4.90 Å². The highest BCUT2D eigenvalue weighted by Crippen LogP contribution is 2.08. The highest BCUT2D eigenvalue weighted by molar-refractivity contribution is 9.11. The SMILES string of the molecule is C=C(Br)COCC#CCN(C)C(=O)OC(C)(C)C. The molecule has 0 spiro atoms. The van der Waals surface area contributed by atoms with Crippen LogP contribution < -0.4 is 0 Å². The van der Waals surface area contributed by atoms with E-state index in [0.29, 0.717) is 19.8 Å². The molecule has 0 aliphatic carbocycles. The van der Waals surface area contributed by atoms with Gasteiger partial charge in [-0.2, -0.15) is 0 Å². The molecule has 0 atom stereocenters. The van der Waals surface area contributed by atoms with Crippen LogP contribution >= 0.6 is 15.9 Å². The van der Waals surface area contributed by atoms with Gasteiger partial charge in [-0.05, 0) is 20.8 Å². The molecule has 0 aliphatic heterocycles. The van der Waals surface area contributed by atoms with Crippen LogP contribution in [0.5, 0.6) is 0 Å². The number of hydrogen-bond acceptors (Lipinski definition) is 3. The quantitative estimate of drug-likeness (QED) is 0.591. The summed E-state index contributed by atoms with van der Waals surface area (Å²) in [6.07, 6.45) is -0.383. The van der Waals surface area contributed by atoms with E-state index in [-0.39, 0.29) is 6.09 Å². The van der Waals surface area contributed by atoms with Crippen LogP contribution in [0.15, 0.2) is 11.1 Å². The number of rotatable bonds is 4. The summed E-state index contributed by atoms with van der Waals surface area (Å²) >= 11 is 3.18. The topological polar surface area (TPSA) is 38.8 Å². The molecule has 0 aromatic carbocycles. The Morgan fingerprint density at radius 3 is 2.50 bits per heavy atom. The molecule has 5 heteroatoms. The van der Waals surface area contributed by atoms with Gasteiger partial charge in [0.1, 0.15) is 12.2 Å². The first-order valence-electron chi connectivity index (χ1n) is 5.53. The van der Waals surface area contributed by atoms with Gasteiger partial charge in [-0.25, -0.2) is 4.79 Å². The Balaban J connectivity index is 3.89. The maximum Gasteiger partial charge on any atom is 0.410 e. The van der Waals surface area contributed by atoms with Crippen molar-refractivity contribution < 1.29 is 14.3 Å². The standard InChI is InChI=1S/C13H20BrNO3/c1-11(14)10-17-9-7-6-8-15(5)12(16)18-13(2,3)4/h1,8-10H2,2-5H3. The van der Waals surface area contributed by atoms with Gasteiger partial charge in [0.05, 0.1) is 13.2 Å². The fraction of sp³-hybridized carbons (Fsp3) is 0.615. The Morgan fingerprint density at radius 1 is 1.39 bits per heavy atom. The van der Waals surface area contributed by atoms with E-state index >= 15 is 0 Å². The minimum absolute atomic E-state index is 0.312. The second kappa shape index (κ2) is 8.17. The van der Waals surface area contributed by atoms with Crippen LogP contribution in [0.2, 0.25) is 0 Å². The molecule has 1 amide bonds. The molecular weight excluding hydrogens is 298 g/mol. The van der Waals surface area contributed by atoms with Crippen LogP contribution in [-0.2, 0) is 9.47 Å². The molecule has 0 saturated carbocycles. The number of halogens is 1. The predicted molar refractivity (Wildman–Crippen MR) is 75.5 cm³/mol. The summed E-state index contributed by atoms with van der Waals surface area (Å²) in [5.74, 6) is 5.64. The first-order valence-corrected chi connectivity index (χ1v) is 6.32. The lowest BCUT2D eigenvalue weighted by molar-refractivity contribution is 0.0321. The fourth-order valence-corrected chi connectivity index (χ4v) is 1.00. The van der Waals surface area contributed by atoms with Crippen molar-refractivity contribution in [1.29, 1.82) is 0 Å². The number of carbonyl (C=O) groups is 1. The second-order valence-corrected chi connectivity index (χ2v) is 5.82. The van der Waals surface area contributed by atoms with Gasteiger partial charge in [0.15, 0.2) is 0 Å². The third-order valence-corrected chi connectivity index (χ3v) is 1.81. The Kier molecular flexibility index (Phi) is 7.72. The number of hydrogen-bond donors (Lipinski definition) is 0. The van der Waals surface area contributed by atoms with Crippen LogP contribution in [0.3, 0.4) is 0 Å². The smallest absolute Gasteiger partial charge is 0.410 e. The van der Waals surface area contributed by atoms with E-state index < -0.39 is 5.60 Å². The van der Waals surface area contributed by atoms with E-state index in [1.165, 1.54) is 4.90 Å². The lowest BCUT2D eigenvalue weighted by Crippen LogP contribution is -2.34. The summed E-state index contributed by atoms with van der Waals surface area (Å²) in [5, 5.41) is 0. The highest BCUT2D eigenvalue weighted by Gasteiger charge is 2.18. The van der Waals surface area contributed by atoms with Gasteiger partial charge in [-0.1, -0.05) is 34.3 Å². The van der Waals surface area contributed by atoms with E-state index in [4.69, 9.17) is 9.47 Å². The van der Waals surface area contributed by atoms with Gasteiger partial charge in [0.2, 0.25) is 0 Å². The Hall–Kier alpha value is -0.990. The van der Waals surface area contributed by atoms with Gasteiger partial charge in [0.25, 0.3) is 0 Å². The van der Waals surface area contributed by atoms with Crippen LogP contribution in [-0.4, -0.2) is 43.4 Å². The average molecular weight is 318 g/mol. The highest BCUT2D eigenvalue weighted by atomic mass is 79.9. The number of ether oxygens (including phenoxy) is 2. The minimum Gasteiger partial charge on any atom is -0.444 e. The third-order valence-electron chi connectivity index (χ3n) is 1.58. The first-order chi connectivity index (χ1) is 8.22. The van der Waals surface area contributed by atoms with E-state index in [2.05, 4.69) is 34.3 Å². The van der Waals surface area contributed by atoms with Crippen molar-refractivity contribution in [3.63, 3.8) is 0 Å². The van der Waals surface area contributed by atoms with Crippen LogP contribution in [0.1, 0.15) is 20.8 Å². The lowest BCUT2D eigenvalue weighted by Gasteiger charge is -2.23. The molecule has 18 heavy (non-hydrogen) atoms. The second-order valence-electron chi connectivity index (χ2n) is 4.70. The average Bonchev–Trinajstić information content (AvgIpc) is 2.19. The maximum atomic E-state index is 11.6. The zero-order chi connectivity index (χ0) is 14.2.